The first-order valence-corrected chi connectivity index (χ1v) is 8.15. The van der Waals surface area contributed by atoms with Crippen LogP contribution in [0.15, 0.2) is 42.5 Å². The molecular formula is C19H21N3O2. The Hall–Kier alpha value is -2.82. The highest BCUT2D eigenvalue weighted by molar-refractivity contribution is 6.01. The van der Waals surface area contributed by atoms with Crippen molar-refractivity contribution in [3.63, 3.8) is 0 Å². The van der Waals surface area contributed by atoms with Gasteiger partial charge in [0.1, 0.15) is 0 Å². The molecule has 3 rings (SSSR count). The molecule has 1 heterocycles. The minimum Gasteiger partial charge on any atom is -0.312 e. The van der Waals surface area contributed by atoms with Gasteiger partial charge in [-0.1, -0.05) is 17.7 Å². The summed E-state index contributed by atoms with van der Waals surface area (Å²) in [4.78, 5) is 25.8. The monoisotopic (exact) mass is 323 g/mol. The Kier molecular flexibility index (Phi) is 4.51. The van der Waals surface area contributed by atoms with Crippen LogP contribution in [-0.2, 0) is 11.2 Å². The molecule has 3 amide bonds. The first-order valence-electron chi connectivity index (χ1n) is 8.15. The van der Waals surface area contributed by atoms with E-state index in [4.69, 9.17) is 0 Å². The molecular weight excluding hydrogens is 302 g/mol. The molecule has 24 heavy (non-hydrogen) atoms. The molecule has 0 unspecified atom stereocenters. The lowest BCUT2D eigenvalue weighted by Crippen LogP contribution is -2.34. The number of fused-ring (bicyclic) bond motifs is 1. The van der Waals surface area contributed by atoms with E-state index in [0.717, 1.165) is 28.2 Å². The molecule has 2 N–H and O–H groups in total. The predicted molar refractivity (Wildman–Crippen MR) is 96.6 cm³/mol. The van der Waals surface area contributed by atoms with Crippen molar-refractivity contribution in [2.45, 2.75) is 26.7 Å². The van der Waals surface area contributed by atoms with E-state index in [9.17, 15) is 9.59 Å². The fourth-order valence-corrected chi connectivity index (χ4v) is 2.91. The minimum atomic E-state index is -0.280. The van der Waals surface area contributed by atoms with Crippen molar-refractivity contribution in [2.24, 2.45) is 0 Å². The summed E-state index contributed by atoms with van der Waals surface area (Å²) in [7, 11) is 0. The third-order valence-electron chi connectivity index (χ3n) is 4.16. The van der Waals surface area contributed by atoms with Gasteiger partial charge < -0.3 is 15.5 Å². The third kappa shape index (κ3) is 3.40. The molecule has 0 aromatic heterocycles. The van der Waals surface area contributed by atoms with Gasteiger partial charge in [0.25, 0.3) is 0 Å². The molecule has 0 saturated carbocycles. The van der Waals surface area contributed by atoms with Gasteiger partial charge in [-0.25, -0.2) is 4.79 Å². The van der Waals surface area contributed by atoms with Gasteiger partial charge in [0.2, 0.25) is 5.91 Å². The first-order chi connectivity index (χ1) is 11.6. The van der Waals surface area contributed by atoms with Crippen molar-refractivity contribution in [1.29, 1.82) is 0 Å². The second-order valence-electron chi connectivity index (χ2n) is 5.93. The van der Waals surface area contributed by atoms with Gasteiger partial charge in [0.15, 0.2) is 0 Å². The number of benzene rings is 2. The number of hydrogen-bond acceptors (Lipinski definition) is 2. The molecule has 5 nitrogen and oxygen atoms in total. The summed E-state index contributed by atoms with van der Waals surface area (Å²) >= 11 is 0. The number of carbonyl (C=O) groups excluding carboxylic acids is 2. The normalized spacial score (nSPS) is 13.4. The molecule has 1 aliphatic heterocycles. The molecule has 5 heteroatoms. The Morgan fingerprint density at radius 1 is 1.04 bits per heavy atom. The van der Waals surface area contributed by atoms with Crippen LogP contribution in [0.3, 0.4) is 0 Å². The fraction of sp³-hybridized carbons (Fsp3) is 0.263. The van der Waals surface area contributed by atoms with E-state index in [1.54, 1.807) is 4.90 Å². The van der Waals surface area contributed by atoms with Crippen LogP contribution in [0.2, 0.25) is 0 Å². The number of anilines is 3. The maximum atomic E-state index is 12.1. The van der Waals surface area contributed by atoms with Gasteiger partial charge in [-0.15, -0.1) is 0 Å². The van der Waals surface area contributed by atoms with Gasteiger partial charge in [0, 0.05) is 30.0 Å². The first kappa shape index (κ1) is 16.1. The Balaban J connectivity index is 1.71. The molecule has 1 aliphatic rings. The van der Waals surface area contributed by atoms with E-state index in [0.29, 0.717) is 19.4 Å². The number of rotatable bonds is 3. The van der Waals surface area contributed by atoms with Gasteiger partial charge in [0.05, 0.1) is 0 Å². The molecule has 0 bridgehead atoms. The van der Waals surface area contributed by atoms with Gasteiger partial charge in [-0.3, -0.25) is 4.79 Å². The summed E-state index contributed by atoms with van der Waals surface area (Å²) < 4.78 is 0. The highest BCUT2D eigenvalue weighted by Gasteiger charge is 2.22. The summed E-state index contributed by atoms with van der Waals surface area (Å²) in [5, 5.41) is 5.66. The maximum Gasteiger partial charge on any atom is 0.323 e. The number of aryl methyl sites for hydroxylation is 2. The number of urea groups is 1. The van der Waals surface area contributed by atoms with Gasteiger partial charge in [-0.2, -0.15) is 0 Å². The van der Waals surface area contributed by atoms with Crippen LogP contribution in [0.5, 0.6) is 0 Å². The van der Waals surface area contributed by atoms with E-state index in [-0.39, 0.29) is 11.9 Å². The SMILES string of the molecule is CCN1C(=O)CCc2cc(NC(=O)Nc3ccc(C)cc3)ccc21. The maximum absolute atomic E-state index is 12.1. The zero-order valence-corrected chi connectivity index (χ0v) is 13.9. The Bertz CT molecular complexity index is 769. The number of carbonyl (C=O) groups is 2. The van der Waals surface area contributed by atoms with E-state index in [1.165, 1.54) is 0 Å². The standard InChI is InChI=1S/C19H21N3O2/c1-3-22-17-10-9-16(12-14(17)6-11-18(22)23)21-19(24)20-15-7-4-13(2)5-8-15/h4-5,7-10,12H,3,6,11H2,1-2H3,(H2,20,21,24). The molecule has 0 spiro atoms. The van der Waals surface area contributed by atoms with Crippen LogP contribution in [0.4, 0.5) is 21.9 Å². The highest BCUT2D eigenvalue weighted by atomic mass is 16.2. The van der Waals surface area contributed by atoms with Crippen LogP contribution in [-0.4, -0.2) is 18.5 Å². The van der Waals surface area contributed by atoms with Crippen LogP contribution in [0.1, 0.15) is 24.5 Å². The van der Waals surface area contributed by atoms with Crippen molar-refractivity contribution in [3.05, 3.63) is 53.6 Å². The fourth-order valence-electron chi connectivity index (χ4n) is 2.91. The lowest BCUT2D eigenvalue weighted by Gasteiger charge is -2.28. The van der Waals surface area contributed by atoms with E-state index >= 15 is 0 Å². The zero-order chi connectivity index (χ0) is 17.1. The second kappa shape index (κ2) is 6.74. The van der Waals surface area contributed by atoms with E-state index < -0.39 is 0 Å². The quantitative estimate of drug-likeness (QED) is 0.899. The van der Waals surface area contributed by atoms with E-state index in [2.05, 4.69) is 10.6 Å². The van der Waals surface area contributed by atoms with Crippen LogP contribution in [0.25, 0.3) is 0 Å². The Morgan fingerprint density at radius 2 is 1.71 bits per heavy atom. The van der Waals surface area contributed by atoms with Crippen molar-refractivity contribution in [1.82, 2.24) is 0 Å². The minimum absolute atomic E-state index is 0.155. The largest absolute Gasteiger partial charge is 0.323 e. The topological polar surface area (TPSA) is 61.4 Å². The average molecular weight is 323 g/mol. The van der Waals surface area contributed by atoms with Crippen molar-refractivity contribution in [2.75, 3.05) is 22.1 Å². The summed E-state index contributed by atoms with van der Waals surface area (Å²) in [6, 6.07) is 13.0. The zero-order valence-electron chi connectivity index (χ0n) is 13.9. The lowest BCUT2D eigenvalue weighted by atomic mass is 10.0. The Morgan fingerprint density at radius 3 is 2.42 bits per heavy atom. The summed E-state index contributed by atoms with van der Waals surface area (Å²) in [5.74, 6) is 0.155. The van der Waals surface area contributed by atoms with Crippen LogP contribution >= 0.6 is 0 Å². The van der Waals surface area contributed by atoms with Crippen LogP contribution in [0, 0.1) is 6.92 Å². The van der Waals surface area contributed by atoms with Crippen LogP contribution < -0.4 is 15.5 Å². The van der Waals surface area contributed by atoms with Crippen molar-refractivity contribution in [3.8, 4) is 0 Å². The molecule has 2 aromatic rings. The highest BCUT2D eigenvalue weighted by Crippen LogP contribution is 2.30. The van der Waals surface area contributed by atoms with Gasteiger partial charge in [-0.05, 0) is 56.2 Å². The Labute approximate surface area is 141 Å². The smallest absolute Gasteiger partial charge is 0.312 e. The predicted octanol–water partition coefficient (Wildman–Crippen LogP) is 3.94. The molecule has 0 saturated heterocycles. The molecule has 0 fully saturated rings. The molecule has 0 radical (unpaired) electrons. The molecule has 0 atom stereocenters. The van der Waals surface area contributed by atoms with Crippen molar-refractivity contribution >= 4 is 29.0 Å². The third-order valence-corrected chi connectivity index (χ3v) is 4.16. The van der Waals surface area contributed by atoms with E-state index in [1.807, 2.05) is 56.3 Å². The molecule has 124 valence electrons. The number of amides is 3. The van der Waals surface area contributed by atoms with Crippen molar-refractivity contribution < 1.29 is 9.59 Å². The van der Waals surface area contributed by atoms with Gasteiger partial charge >= 0.3 is 6.03 Å². The summed E-state index contributed by atoms with van der Waals surface area (Å²) in [6.07, 6.45) is 1.22. The molecule has 2 aromatic carbocycles. The summed E-state index contributed by atoms with van der Waals surface area (Å²) in [5.41, 5.74) is 4.65. The number of nitrogens with one attached hydrogen (secondary N) is 2. The molecule has 0 aliphatic carbocycles. The number of hydrogen-bond donors (Lipinski definition) is 2. The second-order valence-corrected chi connectivity index (χ2v) is 5.93. The lowest BCUT2D eigenvalue weighted by molar-refractivity contribution is -0.118. The summed E-state index contributed by atoms with van der Waals surface area (Å²) in [6.45, 7) is 4.63. The number of nitrogens with zero attached hydrogens (tertiary/aromatic N) is 1. The average Bonchev–Trinajstić information content (AvgIpc) is 2.57.